The third-order valence-corrected chi connectivity index (χ3v) is 2.71. The maximum absolute atomic E-state index is 12.6. The van der Waals surface area contributed by atoms with E-state index >= 15 is 0 Å². The number of carboxylic acids is 1. The zero-order valence-corrected chi connectivity index (χ0v) is 11.2. The number of aliphatic carboxylic acids is 1. The third kappa shape index (κ3) is 7.02. The predicted molar refractivity (Wildman–Crippen MR) is 61.8 cm³/mol. The fraction of sp³-hybridized carbons (Fsp3) is 0.917. The van der Waals surface area contributed by atoms with E-state index in [1.54, 1.807) is 0 Å². The van der Waals surface area contributed by atoms with Crippen LogP contribution in [0.25, 0.3) is 0 Å². The van der Waals surface area contributed by atoms with Gasteiger partial charge in [-0.1, -0.05) is 19.8 Å². The van der Waals surface area contributed by atoms with Crippen LogP contribution in [0.1, 0.15) is 45.4 Å². The summed E-state index contributed by atoms with van der Waals surface area (Å²) in [5, 5.41) is 8.80. The molecule has 0 amide bonds. The van der Waals surface area contributed by atoms with Crippen LogP contribution in [0.15, 0.2) is 0 Å². The van der Waals surface area contributed by atoms with E-state index < -0.39 is 30.6 Å². The minimum absolute atomic E-state index is 0.0401. The molecule has 1 unspecified atom stereocenters. The predicted octanol–water partition coefficient (Wildman–Crippen LogP) is 4.01. The molecule has 1 atom stereocenters. The number of carboxylic acid groups (broad SMARTS) is 1. The molecule has 20 heavy (non-hydrogen) atoms. The second kappa shape index (κ2) is 8.39. The van der Waals surface area contributed by atoms with Gasteiger partial charge >= 0.3 is 18.1 Å². The van der Waals surface area contributed by atoms with Crippen LogP contribution in [0.5, 0.6) is 0 Å². The van der Waals surface area contributed by atoms with Gasteiger partial charge < -0.3 is 9.84 Å². The molecule has 120 valence electrons. The lowest BCUT2D eigenvalue weighted by atomic mass is 10.1. The van der Waals surface area contributed by atoms with Gasteiger partial charge in [0.2, 0.25) is 0 Å². The summed E-state index contributed by atoms with van der Waals surface area (Å²) < 4.78 is 65.7. The van der Waals surface area contributed by atoms with Crippen molar-refractivity contribution in [3.63, 3.8) is 0 Å². The first-order chi connectivity index (χ1) is 9.12. The molecular formula is C12H19F5O3. The van der Waals surface area contributed by atoms with E-state index in [9.17, 15) is 26.7 Å². The Hall–Kier alpha value is -0.920. The normalized spacial score (nSPS) is 14.3. The number of hydrogen-bond acceptors (Lipinski definition) is 2. The van der Waals surface area contributed by atoms with Crippen molar-refractivity contribution in [2.24, 2.45) is 0 Å². The van der Waals surface area contributed by atoms with E-state index in [2.05, 4.69) is 0 Å². The molecule has 0 rings (SSSR count). The second-order valence-electron chi connectivity index (χ2n) is 4.50. The topological polar surface area (TPSA) is 46.5 Å². The first-order valence-electron chi connectivity index (χ1n) is 6.40. The Morgan fingerprint density at radius 1 is 1.15 bits per heavy atom. The Bertz CT molecular complexity index is 291. The molecule has 8 heteroatoms. The first-order valence-corrected chi connectivity index (χ1v) is 6.40. The lowest BCUT2D eigenvalue weighted by Crippen LogP contribution is -2.36. The summed E-state index contributed by atoms with van der Waals surface area (Å²) in [7, 11) is 0. The van der Waals surface area contributed by atoms with Crippen LogP contribution in [0.2, 0.25) is 0 Å². The summed E-state index contributed by atoms with van der Waals surface area (Å²) in [6, 6.07) is 0. The molecule has 0 saturated carbocycles. The van der Waals surface area contributed by atoms with Gasteiger partial charge in [-0.2, -0.15) is 22.0 Å². The lowest BCUT2D eigenvalue weighted by Gasteiger charge is -2.19. The summed E-state index contributed by atoms with van der Waals surface area (Å²) >= 11 is 0. The molecule has 0 aliphatic carbocycles. The molecule has 0 radical (unpaired) electrons. The highest BCUT2D eigenvalue weighted by Gasteiger charge is 2.56. The Balaban J connectivity index is 3.92. The number of hydrogen-bond donors (Lipinski definition) is 1. The van der Waals surface area contributed by atoms with E-state index in [0.29, 0.717) is 12.8 Å². The maximum atomic E-state index is 12.6. The van der Waals surface area contributed by atoms with E-state index in [-0.39, 0.29) is 19.4 Å². The van der Waals surface area contributed by atoms with Crippen LogP contribution in [0.3, 0.4) is 0 Å². The Morgan fingerprint density at radius 3 is 2.20 bits per heavy atom. The van der Waals surface area contributed by atoms with Gasteiger partial charge in [0.05, 0.1) is 0 Å². The molecular weight excluding hydrogens is 287 g/mol. The molecule has 0 bridgehead atoms. The van der Waals surface area contributed by atoms with Crippen LogP contribution in [-0.2, 0) is 9.53 Å². The summed E-state index contributed by atoms with van der Waals surface area (Å²) in [5.41, 5.74) is 0. The van der Waals surface area contributed by atoms with Crippen LogP contribution in [0.4, 0.5) is 22.0 Å². The van der Waals surface area contributed by atoms with Gasteiger partial charge in [-0.15, -0.1) is 0 Å². The highest BCUT2D eigenvalue weighted by atomic mass is 19.4. The minimum Gasteiger partial charge on any atom is -0.479 e. The van der Waals surface area contributed by atoms with E-state index in [1.165, 1.54) is 0 Å². The van der Waals surface area contributed by atoms with Gasteiger partial charge in [0, 0.05) is 13.0 Å². The Morgan fingerprint density at radius 2 is 1.75 bits per heavy atom. The molecule has 0 aromatic carbocycles. The first kappa shape index (κ1) is 19.1. The summed E-state index contributed by atoms with van der Waals surface area (Å²) in [4.78, 5) is 10.8. The molecule has 0 aromatic rings. The number of ether oxygens (including phenoxy) is 1. The van der Waals surface area contributed by atoms with Crippen molar-refractivity contribution in [1.29, 1.82) is 0 Å². The van der Waals surface area contributed by atoms with Crippen molar-refractivity contribution in [3.05, 3.63) is 0 Å². The van der Waals surface area contributed by atoms with Crippen LogP contribution in [0, 0.1) is 0 Å². The average molecular weight is 306 g/mol. The van der Waals surface area contributed by atoms with Gasteiger partial charge in [0.15, 0.2) is 6.10 Å². The van der Waals surface area contributed by atoms with Crippen molar-refractivity contribution < 1.29 is 36.6 Å². The van der Waals surface area contributed by atoms with Crippen molar-refractivity contribution in [3.8, 4) is 0 Å². The van der Waals surface area contributed by atoms with Gasteiger partial charge in [0.1, 0.15) is 0 Å². The number of rotatable bonds is 10. The van der Waals surface area contributed by atoms with Crippen LogP contribution in [-0.4, -0.2) is 35.9 Å². The SMILES string of the molecule is CCCCC(OCCCCC(F)(F)C(F)(F)F)C(=O)O. The molecule has 1 N–H and O–H groups in total. The molecule has 0 spiro atoms. The molecule has 0 aromatic heterocycles. The van der Waals surface area contributed by atoms with Crippen LogP contribution < -0.4 is 0 Å². The third-order valence-electron chi connectivity index (χ3n) is 2.71. The largest absolute Gasteiger partial charge is 0.479 e. The Labute approximate surface area is 114 Å². The van der Waals surface area contributed by atoms with Crippen molar-refractivity contribution in [2.75, 3.05) is 6.61 Å². The zero-order chi connectivity index (χ0) is 15.8. The monoisotopic (exact) mass is 306 g/mol. The molecule has 0 heterocycles. The van der Waals surface area contributed by atoms with Gasteiger partial charge in [-0.3, -0.25) is 0 Å². The van der Waals surface area contributed by atoms with E-state index in [4.69, 9.17) is 9.84 Å². The number of halogens is 5. The van der Waals surface area contributed by atoms with Gasteiger partial charge in [0.25, 0.3) is 0 Å². The second-order valence-corrected chi connectivity index (χ2v) is 4.50. The number of alkyl halides is 5. The fourth-order valence-electron chi connectivity index (χ4n) is 1.48. The van der Waals surface area contributed by atoms with Crippen molar-refractivity contribution in [2.45, 2.75) is 63.7 Å². The standard InChI is InChI=1S/C12H19F5O3/c1-2-3-6-9(10(18)19)20-8-5-4-7-11(13,14)12(15,16)17/h9H,2-8H2,1H3,(H,18,19). The summed E-state index contributed by atoms with van der Waals surface area (Å²) in [6.45, 7) is 1.73. The highest BCUT2D eigenvalue weighted by Crippen LogP contribution is 2.39. The van der Waals surface area contributed by atoms with Crippen molar-refractivity contribution >= 4 is 5.97 Å². The zero-order valence-electron chi connectivity index (χ0n) is 11.2. The quantitative estimate of drug-likeness (QED) is 0.490. The maximum Gasteiger partial charge on any atom is 0.453 e. The smallest absolute Gasteiger partial charge is 0.453 e. The summed E-state index contributed by atoms with van der Waals surface area (Å²) in [6.07, 6.45) is -6.59. The molecule has 0 aliphatic heterocycles. The fourth-order valence-corrected chi connectivity index (χ4v) is 1.48. The summed E-state index contributed by atoms with van der Waals surface area (Å²) in [5.74, 6) is -5.86. The highest BCUT2D eigenvalue weighted by molar-refractivity contribution is 5.72. The lowest BCUT2D eigenvalue weighted by molar-refractivity contribution is -0.284. The Kier molecular flexibility index (Phi) is 8.00. The van der Waals surface area contributed by atoms with E-state index in [0.717, 1.165) is 6.42 Å². The van der Waals surface area contributed by atoms with E-state index in [1.807, 2.05) is 6.92 Å². The average Bonchev–Trinajstić information content (AvgIpc) is 2.30. The molecule has 3 nitrogen and oxygen atoms in total. The van der Waals surface area contributed by atoms with Crippen LogP contribution >= 0.6 is 0 Å². The number of carbonyl (C=O) groups is 1. The molecule has 0 aliphatic rings. The van der Waals surface area contributed by atoms with Gasteiger partial charge in [-0.05, 0) is 19.3 Å². The molecule has 0 saturated heterocycles. The van der Waals surface area contributed by atoms with Crippen molar-refractivity contribution in [1.82, 2.24) is 0 Å². The molecule has 0 fully saturated rings. The number of unbranched alkanes of at least 4 members (excludes halogenated alkanes) is 2. The van der Waals surface area contributed by atoms with Gasteiger partial charge in [-0.25, -0.2) is 4.79 Å². The minimum atomic E-state index is -5.54.